The molecule has 0 saturated heterocycles. The zero-order valence-corrected chi connectivity index (χ0v) is 13.0. The molecule has 0 amide bonds. The van der Waals surface area contributed by atoms with Gasteiger partial charge in [0.05, 0.1) is 4.47 Å². The summed E-state index contributed by atoms with van der Waals surface area (Å²) in [7, 11) is 0. The number of benzene rings is 2. The Morgan fingerprint density at radius 3 is 2.52 bits per heavy atom. The molecule has 0 radical (unpaired) electrons. The van der Waals surface area contributed by atoms with Gasteiger partial charge in [-0.25, -0.2) is 0 Å². The Morgan fingerprint density at radius 2 is 1.76 bits per heavy atom. The highest BCUT2D eigenvalue weighted by atomic mass is 79.9. The van der Waals surface area contributed by atoms with Crippen molar-refractivity contribution in [2.45, 2.75) is 6.61 Å². The molecule has 0 unspecified atom stereocenters. The first-order valence-corrected chi connectivity index (χ1v) is 7.49. The van der Waals surface area contributed by atoms with Crippen molar-refractivity contribution in [3.63, 3.8) is 0 Å². The van der Waals surface area contributed by atoms with Gasteiger partial charge in [-0.05, 0) is 45.3 Å². The van der Waals surface area contributed by atoms with Gasteiger partial charge in [-0.1, -0.05) is 42.5 Å². The lowest BCUT2D eigenvalue weighted by Gasteiger charge is -2.10. The molecule has 0 aliphatic heterocycles. The van der Waals surface area contributed by atoms with E-state index in [0.717, 1.165) is 26.9 Å². The van der Waals surface area contributed by atoms with Crippen LogP contribution in [0.25, 0.3) is 11.1 Å². The van der Waals surface area contributed by atoms with Crippen molar-refractivity contribution >= 4 is 15.9 Å². The summed E-state index contributed by atoms with van der Waals surface area (Å²) < 4.78 is 6.87. The van der Waals surface area contributed by atoms with Crippen molar-refractivity contribution in [3.8, 4) is 16.9 Å². The van der Waals surface area contributed by atoms with Crippen molar-refractivity contribution < 1.29 is 4.74 Å². The second kappa shape index (κ2) is 6.55. The van der Waals surface area contributed by atoms with Crippen LogP contribution in [-0.2, 0) is 6.61 Å². The maximum Gasteiger partial charge on any atom is 0.134 e. The maximum absolute atomic E-state index is 5.92. The molecule has 1 heterocycles. The van der Waals surface area contributed by atoms with Gasteiger partial charge in [-0.3, -0.25) is 4.98 Å². The molecule has 0 N–H and O–H groups in total. The van der Waals surface area contributed by atoms with E-state index in [1.807, 2.05) is 48.7 Å². The third-order valence-corrected chi connectivity index (χ3v) is 3.82. The average Bonchev–Trinajstić information content (AvgIpc) is 2.56. The molecule has 0 saturated carbocycles. The van der Waals surface area contributed by atoms with Crippen LogP contribution in [0, 0.1) is 0 Å². The molecule has 2 nitrogen and oxygen atoms in total. The van der Waals surface area contributed by atoms with Crippen LogP contribution in [0.3, 0.4) is 0 Å². The molecule has 0 aliphatic rings. The van der Waals surface area contributed by atoms with Gasteiger partial charge < -0.3 is 4.74 Å². The first kappa shape index (κ1) is 13.8. The van der Waals surface area contributed by atoms with E-state index in [4.69, 9.17) is 4.74 Å². The predicted molar refractivity (Wildman–Crippen MR) is 88.1 cm³/mol. The Hall–Kier alpha value is -2.13. The van der Waals surface area contributed by atoms with Crippen LogP contribution in [0.15, 0.2) is 77.5 Å². The number of nitrogens with zero attached hydrogens (tertiary/aromatic N) is 1. The minimum atomic E-state index is 0.552. The number of hydrogen-bond donors (Lipinski definition) is 0. The Kier molecular flexibility index (Phi) is 4.31. The van der Waals surface area contributed by atoms with Crippen molar-refractivity contribution in [1.82, 2.24) is 4.98 Å². The lowest BCUT2D eigenvalue weighted by atomic mass is 10.1. The third kappa shape index (κ3) is 3.50. The Labute approximate surface area is 132 Å². The Morgan fingerprint density at radius 1 is 0.905 bits per heavy atom. The fourth-order valence-electron chi connectivity index (χ4n) is 2.06. The summed E-state index contributed by atoms with van der Waals surface area (Å²) in [5.41, 5.74) is 3.32. The number of rotatable bonds is 4. The summed E-state index contributed by atoms with van der Waals surface area (Å²) in [5, 5.41) is 0. The molecule has 0 spiro atoms. The lowest BCUT2D eigenvalue weighted by Crippen LogP contribution is -1.96. The van der Waals surface area contributed by atoms with E-state index in [2.05, 4.69) is 39.1 Å². The molecule has 0 fully saturated rings. The molecule has 0 aliphatic carbocycles. The fourth-order valence-corrected chi connectivity index (χ4v) is 2.42. The van der Waals surface area contributed by atoms with Gasteiger partial charge in [0, 0.05) is 18.0 Å². The summed E-state index contributed by atoms with van der Waals surface area (Å²) in [6.45, 7) is 0.552. The van der Waals surface area contributed by atoms with E-state index in [9.17, 15) is 0 Å². The first-order valence-electron chi connectivity index (χ1n) is 6.69. The third-order valence-electron chi connectivity index (χ3n) is 3.16. The molecule has 3 rings (SSSR count). The number of ether oxygens (including phenoxy) is 1. The van der Waals surface area contributed by atoms with Crippen LogP contribution >= 0.6 is 15.9 Å². The number of aromatic nitrogens is 1. The highest BCUT2D eigenvalue weighted by Gasteiger charge is 2.05. The SMILES string of the molecule is Brc1ccc(-c2cccnc2)cc1OCc1ccccc1. The molecule has 2 aromatic carbocycles. The molecule has 1 aromatic heterocycles. The van der Waals surface area contributed by atoms with Gasteiger partial charge in [-0.15, -0.1) is 0 Å². The largest absolute Gasteiger partial charge is 0.488 e. The van der Waals surface area contributed by atoms with Gasteiger partial charge in [0.1, 0.15) is 12.4 Å². The summed E-state index contributed by atoms with van der Waals surface area (Å²) >= 11 is 3.54. The topological polar surface area (TPSA) is 22.1 Å². The number of hydrogen-bond acceptors (Lipinski definition) is 2. The van der Waals surface area contributed by atoms with Crippen LogP contribution in [-0.4, -0.2) is 4.98 Å². The van der Waals surface area contributed by atoms with E-state index in [1.165, 1.54) is 0 Å². The Balaban J connectivity index is 1.82. The van der Waals surface area contributed by atoms with Gasteiger partial charge >= 0.3 is 0 Å². The fraction of sp³-hybridized carbons (Fsp3) is 0.0556. The quantitative estimate of drug-likeness (QED) is 0.660. The standard InChI is InChI=1S/C18H14BrNO/c19-17-9-8-15(16-7-4-10-20-12-16)11-18(17)21-13-14-5-2-1-3-6-14/h1-12H,13H2. The van der Waals surface area contributed by atoms with Crippen molar-refractivity contribution in [2.24, 2.45) is 0 Å². The van der Waals surface area contributed by atoms with Crippen molar-refractivity contribution in [1.29, 1.82) is 0 Å². The van der Waals surface area contributed by atoms with Gasteiger partial charge in [0.2, 0.25) is 0 Å². The molecule has 21 heavy (non-hydrogen) atoms. The Bertz CT molecular complexity index is 714. The summed E-state index contributed by atoms with van der Waals surface area (Å²) in [5.74, 6) is 0.834. The molecular weight excluding hydrogens is 326 g/mol. The van der Waals surface area contributed by atoms with Gasteiger partial charge in [0.25, 0.3) is 0 Å². The van der Waals surface area contributed by atoms with Crippen molar-refractivity contribution in [2.75, 3.05) is 0 Å². The van der Waals surface area contributed by atoms with E-state index in [1.54, 1.807) is 6.20 Å². The average molecular weight is 340 g/mol. The number of halogens is 1. The van der Waals surface area contributed by atoms with E-state index in [0.29, 0.717) is 6.61 Å². The van der Waals surface area contributed by atoms with Crippen LogP contribution in [0.5, 0.6) is 5.75 Å². The minimum absolute atomic E-state index is 0.552. The number of pyridine rings is 1. The molecule has 104 valence electrons. The molecule has 3 aromatic rings. The second-order valence-corrected chi connectivity index (χ2v) is 5.52. The lowest BCUT2D eigenvalue weighted by molar-refractivity contribution is 0.304. The predicted octanol–water partition coefficient (Wildman–Crippen LogP) is 5.09. The smallest absolute Gasteiger partial charge is 0.134 e. The highest BCUT2D eigenvalue weighted by molar-refractivity contribution is 9.10. The summed E-state index contributed by atoms with van der Waals surface area (Å²) in [6.07, 6.45) is 3.62. The molecular formula is C18H14BrNO. The maximum atomic E-state index is 5.92. The summed E-state index contributed by atoms with van der Waals surface area (Å²) in [6, 6.07) is 20.2. The summed E-state index contributed by atoms with van der Waals surface area (Å²) in [4.78, 5) is 4.15. The van der Waals surface area contributed by atoms with Gasteiger partial charge in [-0.2, -0.15) is 0 Å². The minimum Gasteiger partial charge on any atom is -0.488 e. The van der Waals surface area contributed by atoms with Crippen LogP contribution < -0.4 is 4.74 Å². The van der Waals surface area contributed by atoms with E-state index < -0.39 is 0 Å². The second-order valence-electron chi connectivity index (χ2n) is 4.66. The zero-order chi connectivity index (χ0) is 14.5. The molecule has 0 bridgehead atoms. The monoisotopic (exact) mass is 339 g/mol. The molecule has 3 heteroatoms. The normalized spacial score (nSPS) is 10.3. The van der Waals surface area contributed by atoms with E-state index in [-0.39, 0.29) is 0 Å². The highest BCUT2D eigenvalue weighted by Crippen LogP contribution is 2.31. The zero-order valence-electron chi connectivity index (χ0n) is 11.4. The van der Waals surface area contributed by atoms with Gasteiger partial charge in [0.15, 0.2) is 0 Å². The van der Waals surface area contributed by atoms with Crippen LogP contribution in [0.1, 0.15) is 5.56 Å². The van der Waals surface area contributed by atoms with Crippen molar-refractivity contribution in [3.05, 3.63) is 83.1 Å². The van der Waals surface area contributed by atoms with Crippen LogP contribution in [0.2, 0.25) is 0 Å². The first-order chi connectivity index (χ1) is 10.3. The van der Waals surface area contributed by atoms with E-state index >= 15 is 0 Å². The molecule has 0 atom stereocenters. The van der Waals surface area contributed by atoms with Crippen LogP contribution in [0.4, 0.5) is 0 Å².